The van der Waals surface area contributed by atoms with Crippen LogP contribution < -0.4 is 15.5 Å². The molecule has 3 heterocycles. The molecule has 1 unspecified atom stereocenters. The van der Waals surface area contributed by atoms with E-state index in [-0.39, 0.29) is 11.7 Å². The molecule has 0 radical (unpaired) electrons. The highest BCUT2D eigenvalue weighted by Gasteiger charge is 2.20. The minimum absolute atomic E-state index is 0.116. The van der Waals surface area contributed by atoms with Crippen molar-refractivity contribution in [3.63, 3.8) is 0 Å². The summed E-state index contributed by atoms with van der Waals surface area (Å²) in [5, 5.41) is 25.7. The van der Waals surface area contributed by atoms with E-state index < -0.39 is 18.7 Å². The van der Waals surface area contributed by atoms with Crippen LogP contribution in [0.4, 0.5) is 22.0 Å². The minimum Gasteiger partial charge on any atom is -0.458 e. The van der Waals surface area contributed by atoms with Gasteiger partial charge in [-0.2, -0.15) is 0 Å². The highest BCUT2D eigenvalue weighted by molar-refractivity contribution is 6.00. The maximum Gasteiger partial charge on any atom is 0.323 e. The van der Waals surface area contributed by atoms with E-state index in [1.807, 2.05) is 30.3 Å². The van der Waals surface area contributed by atoms with E-state index in [4.69, 9.17) is 19.1 Å². The number of aliphatic hydroxyl groups is 2. The van der Waals surface area contributed by atoms with Gasteiger partial charge in [-0.05, 0) is 72.8 Å². The predicted octanol–water partition coefficient (Wildman–Crippen LogP) is 4.76. The number of fused-ring (bicyclic) bond motifs is 1. The van der Waals surface area contributed by atoms with Crippen LogP contribution in [-0.4, -0.2) is 84.0 Å². The smallest absolute Gasteiger partial charge is 0.323 e. The molecule has 0 spiro atoms. The summed E-state index contributed by atoms with van der Waals surface area (Å²) in [6.07, 6.45) is -1.09. The van der Waals surface area contributed by atoms with Crippen molar-refractivity contribution in [1.29, 1.82) is 0 Å². The summed E-state index contributed by atoms with van der Waals surface area (Å²) in [6.45, 7) is 2.16. The van der Waals surface area contributed by atoms with Crippen molar-refractivity contribution >= 4 is 40.0 Å². The van der Waals surface area contributed by atoms with Gasteiger partial charge in [0, 0.05) is 60.6 Å². The fraction of sp³-hybridized carbons (Fsp3) is 0.235. The highest BCUT2D eigenvalue weighted by atomic mass is 16.5. The Kier molecular flexibility index (Phi) is 8.92. The highest BCUT2D eigenvalue weighted by Crippen LogP contribution is 2.33. The van der Waals surface area contributed by atoms with Crippen LogP contribution in [0.5, 0.6) is 0 Å². The number of hydrogen-bond acceptors (Lipinski definition) is 9. The van der Waals surface area contributed by atoms with Gasteiger partial charge in [0.1, 0.15) is 23.4 Å². The molecule has 3 aromatic carbocycles. The number of nitrogens with zero attached hydrogens (tertiary/aromatic N) is 4. The standard InChI is InChI=1S/C34H34N6O6/c1-39(2)33(43)22-5-10-25(11-6-22)36-34(44)35-24-8-3-21(4-9-24)31-37-27-19-23(29-13-14-30(46-29)28(42)20-41)7-12-26(27)32(38-31)40-15-17-45-18-16-40/h3-14,19,28,41-42H,15-18,20H2,1-2H3,(H2,35,36,44). The average Bonchev–Trinajstić information content (AvgIpc) is 3.58. The van der Waals surface area contributed by atoms with Crippen molar-refractivity contribution < 1.29 is 29.0 Å². The summed E-state index contributed by atoms with van der Waals surface area (Å²) >= 11 is 0. The molecule has 46 heavy (non-hydrogen) atoms. The number of rotatable bonds is 8. The van der Waals surface area contributed by atoms with Crippen LogP contribution in [0.25, 0.3) is 33.6 Å². The Labute approximate surface area is 265 Å². The number of hydrogen-bond donors (Lipinski definition) is 4. The second-order valence-electron chi connectivity index (χ2n) is 11.0. The van der Waals surface area contributed by atoms with Crippen LogP contribution in [0.2, 0.25) is 0 Å². The van der Waals surface area contributed by atoms with Crippen molar-refractivity contribution in [3.05, 3.63) is 90.2 Å². The first-order chi connectivity index (χ1) is 22.3. The molecule has 0 saturated carbocycles. The SMILES string of the molecule is CN(C)C(=O)c1ccc(NC(=O)Nc2ccc(-c3nc(N4CCOCC4)c4ccc(-c5ccc(C(O)CO)o5)cc4n3)cc2)cc1. The molecule has 6 rings (SSSR count). The van der Waals surface area contributed by atoms with Crippen molar-refractivity contribution in [1.82, 2.24) is 14.9 Å². The van der Waals surface area contributed by atoms with E-state index in [0.717, 1.165) is 22.3 Å². The number of amides is 3. The molecule has 12 heteroatoms. The number of ether oxygens (including phenoxy) is 1. The zero-order valence-electron chi connectivity index (χ0n) is 25.4. The van der Waals surface area contributed by atoms with Gasteiger partial charge >= 0.3 is 6.03 Å². The van der Waals surface area contributed by atoms with Gasteiger partial charge in [-0.25, -0.2) is 14.8 Å². The normalized spacial score (nSPS) is 13.8. The van der Waals surface area contributed by atoms with E-state index in [9.17, 15) is 19.8 Å². The number of aliphatic hydroxyl groups excluding tert-OH is 2. The molecule has 1 fully saturated rings. The number of anilines is 3. The lowest BCUT2D eigenvalue weighted by molar-refractivity contribution is 0.0781. The molecule has 0 bridgehead atoms. The van der Waals surface area contributed by atoms with Crippen LogP contribution in [0.3, 0.4) is 0 Å². The third-order valence-electron chi connectivity index (χ3n) is 7.60. The van der Waals surface area contributed by atoms with E-state index in [0.29, 0.717) is 60.3 Å². The molecule has 2 aromatic heterocycles. The first kappa shape index (κ1) is 30.7. The van der Waals surface area contributed by atoms with E-state index >= 15 is 0 Å². The van der Waals surface area contributed by atoms with Crippen LogP contribution in [0.1, 0.15) is 22.2 Å². The van der Waals surface area contributed by atoms with Gasteiger partial charge in [0.25, 0.3) is 5.91 Å². The maximum absolute atomic E-state index is 12.7. The number of urea groups is 1. The van der Waals surface area contributed by atoms with Crippen molar-refractivity contribution in [2.24, 2.45) is 0 Å². The number of carbonyl (C=O) groups is 2. The number of furan rings is 1. The van der Waals surface area contributed by atoms with E-state index in [2.05, 4.69) is 15.5 Å². The molecule has 236 valence electrons. The fourth-order valence-electron chi connectivity index (χ4n) is 5.14. The molecule has 12 nitrogen and oxygen atoms in total. The predicted molar refractivity (Wildman–Crippen MR) is 175 cm³/mol. The number of benzene rings is 3. The lowest BCUT2D eigenvalue weighted by Gasteiger charge is -2.29. The number of carbonyl (C=O) groups excluding carboxylic acids is 2. The van der Waals surface area contributed by atoms with E-state index in [1.54, 1.807) is 62.6 Å². The Hall–Kier alpha value is -5.30. The summed E-state index contributed by atoms with van der Waals surface area (Å²) in [7, 11) is 3.37. The van der Waals surface area contributed by atoms with Gasteiger partial charge in [-0.1, -0.05) is 6.07 Å². The monoisotopic (exact) mass is 622 g/mol. The summed E-state index contributed by atoms with van der Waals surface area (Å²) in [4.78, 5) is 38.3. The Morgan fingerprint density at radius 3 is 2.20 bits per heavy atom. The summed E-state index contributed by atoms with van der Waals surface area (Å²) in [5.41, 5.74) is 3.91. The first-order valence-corrected chi connectivity index (χ1v) is 14.8. The zero-order valence-corrected chi connectivity index (χ0v) is 25.4. The molecule has 3 amide bonds. The molecule has 5 aromatic rings. The third-order valence-corrected chi connectivity index (χ3v) is 7.60. The molecule has 1 aliphatic heterocycles. The molecule has 1 atom stereocenters. The first-order valence-electron chi connectivity index (χ1n) is 14.8. The van der Waals surface area contributed by atoms with Gasteiger partial charge < -0.3 is 39.8 Å². The van der Waals surface area contributed by atoms with Gasteiger partial charge in [-0.3, -0.25) is 4.79 Å². The third kappa shape index (κ3) is 6.69. The van der Waals surface area contributed by atoms with Crippen LogP contribution in [-0.2, 0) is 4.74 Å². The quantitative estimate of drug-likeness (QED) is 0.192. The molecule has 4 N–H and O–H groups in total. The van der Waals surface area contributed by atoms with Gasteiger partial charge in [0.2, 0.25) is 0 Å². The molecular weight excluding hydrogens is 588 g/mol. The summed E-state index contributed by atoms with van der Waals surface area (Å²) in [6, 6.07) is 22.7. The number of morpholine rings is 1. The Morgan fingerprint density at radius 1 is 0.891 bits per heavy atom. The molecular formula is C34H34N6O6. The lowest BCUT2D eigenvalue weighted by atomic mass is 10.1. The Bertz CT molecular complexity index is 1850. The molecule has 1 aliphatic rings. The molecule has 1 saturated heterocycles. The van der Waals surface area contributed by atoms with Crippen molar-refractivity contribution in [2.75, 3.05) is 62.5 Å². The van der Waals surface area contributed by atoms with Gasteiger partial charge in [-0.15, -0.1) is 0 Å². The van der Waals surface area contributed by atoms with E-state index in [1.165, 1.54) is 4.90 Å². The van der Waals surface area contributed by atoms with Crippen molar-refractivity contribution in [3.8, 4) is 22.7 Å². The lowest BCUT2D eigenvalue weighted by Crippen LogP contribution is -2.37. The Morgan fingerprint density at radius 2 is 1.54 bits per heavy atom. The maximum atomic E-state index is 12.7. The zero-order chi connectivity index (χ0) is 32.2. The summed E-state index contributed by atoms with van der Waals surface area (Å²) < 4.78 is 11.4. The van der Waals surface area contributed by atoms with Crippen LogP contribution in [0.15, 0.2) is 83.3 Å². The van der Waals surface area contributed by atoms with Gasteiger partial charge in [0.05, 0.1) is 25.3 Å². The van der Waals surface area contributed by atoms with Gasteiger partial charge in [0.15, 0.2) is 5.82 Å². The van der Waals surface area contributed by atoms with Crippen LogP contribution in [0, 0.1) is 0 Å². The second-order valence-corrected chi connectivity index (χ2v) is 11.0. The minimum atomic E-state index is -1.09. The molecule has 0 aliphatic carbocycles. The van der Waals surface area contributed by atoms with Crippen molar-refractivity contribution in [2.45, 2.75) is 6.10 Å². The number of nitrogens with one attached hydrogen (secondary N) is 2. The average molecular weight is 623 g/mol. The van der Waals surface area contributed by atoms with Crippen LogP contribution >= 0.6 is 0 Å². The number of aromatic nitrogens is 2. The second kappa shape index (κ2) is 13.4. The summed E-state index contributed by atoms with van der Waals surface area (Å²) in [5.74, 6) is 2.03. The Balaban J connectivity index is 1.24. The topological polar surface area (TPSA) is 153 Å². The largest absolute Gasteiger partial charge is 0.458 e. The fourth-order valence-corrected chi connectivity index (χ4v) is 5.14.